The van der Waals surface area contributed by atoms with Crippen molar-refractivity contribution >= 4 is 11.9 Å². The van der Waals surface area contributed by atoms with Crippen LogP contribution in [0, 0.1) is 11.2 Å². The molecular formula is C22H32FN3O2. The van der Waals surface area contributed by atoms with Gasteiger partial charge in [0.05, 0.1) is 6.67 Å². The van der Waals surface area contributed by atoms with E-state index in [1.54, 1.807) is 12.1 Å². The quantitative estimate of drug-likeness (QED) is 0.746. The molecule has 0 unspecified atom stereocenters. The van der Waals surface area contributed by atoms with E-state index < -0.39 is 5.54 Å². The van der Waals surface area contributed by atoms with E-state index in [1.165, 1.54) is 23.5 Å². The molecule has 3 amide bonds. The molecule has 1 aliphatic heterocycles. The normalized spacial score (nSPS) is 21.4. The van der Waals surface area contributed by atoms with Gasteiger partial charge < -0.3 is 5.32 Å². The fourth-order valence-corrected chi connectivity index (χ4v) is 4.43. The summed E-state index contributed by atoms with van der Waals surface area (Å²) in [5.74, 6) is -0.393. The number of carbonyl (C=O) groups is 2. The summed E-state index contributed by atoms with van der Waals surface area (Å²) in [7, 11) is 0. The second-order valence-electron chi connectivity index (χ2n) is 9.23. The number of urea groups is 1. The average molecular weight is 390 g/mol. The van der Waals surface area contributed by atoms with E-state index in [1.807, 2.05) is 0 Å². The number of nitrogens with zero attached hydrogens (tertiary/aromatic N) is 1. The molecule has 2 aliphatic rings. The first-order chi connectivity index (χ1) is 13.2. The zero-order valence-electron chi connectivity index (χ0n) is 17.2. The summed E-state index contributed by atoms with van der Waals surface area (Å²) in [6.45, 7) is 6.38. The van der Waals surface area contributed by atoms with Gasteiger partial charge in [-0.3, -0.25) is 10.1 Å². The highest BCUT2D eigenvalue weighted by atomic mass is 19.1. The third-order valence-electron chi connectivity index (χ3n) is 5.98. The molecule has 6 heteroatoms. The Morgan fingerprint density at radius 3 is 2.21 bits per heavy atom. The van der Waals surface area contributed by atoms with E-state index in [4.69, 9.17) is 0 Å². The van der Waals surface area contributed by atoms with Crippen LogP contribution in [0.1, 0.15) is 77.3 Å². The summed E-state index contributed by atoms with van der Waals surface area (Å²) < 4.78 is 13.3. The molecule has 1 aliphatic carbocycles. The molecule has 1 saturated heterocycles. The number of imide groups is 1. The first-order valence-electron chi connectivity index (χ1n) is 10.4. The first-order valence-corrected chi connectivity index (χ1v) is 10.4. The monoisotopic (exact) mass is 389 g/mol. The summed E-state index contributed by atoms with van der Waals surface area (Å²) >= 11 is 0. The summed E-state index contributed by atoms with van der Waals surface area (Å²) in [6.07, 6.45) is 6.79. The van der Waals surface area contributed by atoms with Crippen LogP contribution in [-0.2, 0) is 4.79 Å². The summed E-state index contributed by atoms with van der Waals surface area (Å²) in [5, 5.41) is 6.36. The molecule has 0 aromatic heterocycles. The van der Waals surface area contributed by atoms with E-state index in [0.717, 1.165) is 31.2 Å². The maximum atomic E-state index is 13.3. The van der Waals surface area contributed by atoms with Gasteiger partial charge in [-0.05, 0) is 36.0 Å². The third-order valence-corrected chi connectivity index (χ3v) is 5.98. The number of rotatable bonds is 4. The van der Waals surface area contributed by atoms with Crippen molar-refractivity contribution in [1.29, 1.82) is 0 Å². The molecule has 1 aromatic carbocycles. The molecule has 2 N–H and O–H groups in total. The highest BCUT2D eigenvalue weighted by Gasteiger charge is 2.50. The van der Waals surface area contributed by atoms with Crippen LogP contribution in [-0.4, -0.2) is 29.0 Å². The molecule has 2 fully saturated rings. The van der Waals surface area contributed by atoms with Gasteiger partial charge in [0.15, 0.2) is 0 Å². The van der Waals surface area contributed by atoms with Crippen LogP contribution in [0.5, 0.6) is 0 Å². The van der Waals surface area contributed by atoms with Crippen molar-refractivity contribution in [2.75, 3.05) is 6.67 Å². The minimum atomic E-state index is -0.730. The van der Waals surface area contributed by atoms with Crippen molar-refractivity contribution in [3.63, 3.8) is 0 Å². The van der Waals surface area contributed by atoms with Gasteiger partial charge in [-0.15, -0.1) is 0 Å². The molecule has 1 atom stereocenters. The van der Waals surface area contributed by atoms with Crippen molar-refractivity contribution in [3.8, 4) is 0 Å². The smallest absolute Gasteiger partial charge is 0.323 e. The van der Waals surface area contributed by atoms with Gasteiger partial charge in [0.25, 0.3) is 5.91 Å². The number of amides is 3. The molecule has 1 spiro atoms. The lowest BCUT2D eigenvalue weighted by Gasteiger charge is -2.33. The molecule has 1 saturated carbocycles. The van der Waals surface area contributed by atoms with E-state index in [9.17, 15) is 14.0 Å². The number of hydrogen-bond acceptors (Lipinski definition) is 3. The molecule has 154 valence electrons. The number of hydrogen-bond donors (Lipinski definition) is 2. The summed E-state index contributed by atoms with van der Waals surface area (Å²) in [6, 6.07) is 5.94. The van der Waals surface area contributed by atoms with Crippen molar-refractivity contribution in [2.45, 2.75) is 77.3 Å². The fraction of sp³-hybridized carbons (Fsp3) is 0.636. The topological polar surface area (TPSA) is 61.4 Å². The summed E-state index contributed by atoms with van der Waals surface area (Å²) in [5.41, 5.74) is 0.0306. The molecule has 1 heterocycles. The second-order valence-corrected chi connectivity index (χ2v) is 9.23. The highest BCUT2D eigenvalue weighted by Crippen LogP contribution is 2.34. The zero-order chi connectivity index (χ0) is 20.4. The van der Waals surface area contributed by atoms with Gasteiger partial charge in [-0.1, -0.05) is 65.0 Å². The zero-order valence-corrected chi connectivity index (χ0v) is 17.2. The predicted octanol–water partition coefficient (Wildman–Crippen LogP) is 4.49. The number of carbonyl (C=O) groups excluding carboxylic acids is 2. The molecule has 28 heavy (non-hydrogen) atoms. The van der Waals surface area contributed by atoms with Crippen LogP contribution >= 0.6 is 0 Å². The van der Waals surface area contributed by atoms with Crippen LogP contribution < -0.4 is 10.6 Å². The van der Waals surface area contributed by atoms with Crippen LogP contribution in [0.15, 0.2) is 24.3 Å². The Labute approximate surface area is 167 Å². The van der Waals surface area contributed by atoms with Crippen LogP contribution in [0.2, 0.25) is 0 Å². The molecular weight excluding hydrogens is 357 g/mol. The second kappa shape index (κ2) is 8.19. The summed E-state index contributed by atoms with van der Waals surface area (Å²) in [4.78, 5) is 27.1. The van der Waals surface area contributed by atoms with Gasteiger partial charge in [0, 0.05) is 6.04 Å². The van der Waals surface area contributed by atoms with Crippen molar-refractivity contribution in [3.05, 3.63) is 35.6 Å². The minimum absolute atomic E-state index is 0.112. The molecule has 0 radical (unpaired) electrons. The Morgan fingerprint density at radius 2 is 1.64 bits per heavy atom. The molecule has 3 rings (SSSR count). The minimum Gasteiger partial charge on any atom is -0.323 e. The average Bonchev–Trinajstić information content (AvgIpc) is 2.83. The van der Waals surface area contributed by atoms with Crippen LogP contribution in [0.25, 0.3) is 0 Å². The number of halogens is 1. The van der Waals surface area contributed by atoms with Crippen LogP contribution in [0.3, 0.4) is 0 Å². The van der Waals surface area contributed by atoms with Gasteiger partial charge in [-0.2, -0.15) is 0 Å². The predicted molar refractivity (Wildman–Crippen MR) is 107 cm³/mol. The Bertz CT molecular complexity index is 703. The largest absolute Gasteiger partial charge is 0.326 e. The van der Waals surface area contributed by atoms with Crippen LogP contribution in [0.4, 0.5) is 9.18 Å². The van der Waals surface area contributed by atoms with Crippen molar-refractivity contribution in [1.82, 2.24) is 15.5 Å². The first kappa shape index (κ1) is 20.8. The maximum Gasteiger partial charge on any atom is 0.326 e. The molecule has 1 aromatic rings. The third kappa shape index (κ3) is 4.37. The van der Waals surface area contributed by atoms with E-state index >= 15 is 0 Å². The Morgan fingerprint density at radius 1 is 1.07 bits per heavy atom. The SMILES string of the molecule is CC(C)(C)[C@H](NCN1C(=O)NC2(CCCCCCC2)C1=O)c1ccc(F)cc1. The van der Waals surface area contributed by atoms with Gasteiger partial charge in [0.2, 0.25) is 0 Å². The fourth-order valence-electron chi connectivity index (χ4n) is 4.43. The van der Waals surface area contributed by atoms with Gasteiger partial charge in [0.1, 0.15) is 11.4 Å². The highest BCUT2D eigenvalue weighted by molar-refractivity contribution is 6.07. The maximum absolute atomic E-state index is 13.3. The molecule has 5 nitrogen and oxygen atoms in total. The number of nitrogens with one attached hydrogen (secondary N) is 2. The molecule has 0 bridgehead atoms. The van der Waals surface area contributed by atoms with E-state index in [0.29, 0.717) is 12.8 Å². The Kier molecular flexibility index (Phi) is 6.08. The lowest BCUT2D eigenvalue weighted by atomic mass is 9.82. The van der Waals surface area contributed by atoms with Gasteiger partial charge in [-0.25, -0.2) is 14.1 Å². The Hall–Kier alpha value is -1.95. The van der Waals surface area contributed by atoms with Crippen molar-refractivity contribution in [2.24, 2.45) is 5.41 Å². The van der Waals surface area contributed by atoms with E-state index in [2.05, 4.69) is 31.4 Å². The lowest BCUT2D eigenvalue weighted by Crippen LogP contribution is -2.48. The van der Waals surface area contributed by atoms with Gasteiger partial charge >= 0.3 is 6.03 Å². The van der Waals surface area contributed by atoms with Crippen molar-refractivity contribution < 1.29 is 14.0 Å². The van der Waals surface area contributed by atoms with E-state index in [-0.39, 0.29) is 35.9 Å². The standard InChI is InChI=1S/C22H32FN3O2/c1-21(2,3)18(16-9-11-17(23)12-10-16)24-15-26-19(27)22(25-20(26)28)13-7-5-4-6-8-14-22/h9-12,18,24H,4-8,13-15H2,1-3H3,(H,25,28)/t18-/m1/s1. The Balaban J connectivity index is 1.73. The number of benzene rings is 1. The lowest BCUT2D eigenvalue weighted by molar-refractivity contribution is -0.132.